The van der Waals surface area contributed by atoms with Crippen LogP contribution in [0.15, 0.2) is 72.7 Å². The summed E-state index contributed by atoms with van der Waals surface area (Å²) in [5, 5.41) is 2.80. The molecule has 0 saturated heterocycles. The van der Waals surface area contributed by atoms with Gasteiger partial charge in [0.1, 0.15) is 5.82 Å². The van der Waals surface area contributed by atoms with Gasteiger partial charge in [0, 0.05) is 13.1 Å². The summed E-state index contributed by atoms with van der Waals surface area (Å²) in [6.45, 7) is 7.48. The lowest BCUT2D eigenvalue weighted by Crippen LogP contribution is -2.31. The monoisotopic (exact) mass is 431 g/mol. The molecular weight excluding hydrogens is 413 g/mol. The Morgan fingerprint density at radius 3 is 2.52 bits per heavy atom. The molecule has 0 aliphatic heterocycles. The van der Waals surface area contributed by atoms with Gasteiger partial charge in [0.05, 0.1) is 20.7 Å². The van der Waals surface area contributed by atoms with Crippen molar-refractivity contribution in [1.82, 2.24) is 9.29 Å². The van der Waals surface area contributed by atoms with E-state index < -0.39 is 21.7 Å². The number of hydrogen-bond donors (Lipinski definition) is 1. The van der Waals surface area contributed by atoms with Crippen LogP contribution in [0.5, 0.6) is 0 Å². The third kappa shape index (κ3) is 4.42. The predicted octanol–water partition coefficient (Wildman–Crippen LogP) is 4.05. The summed E-state index contributed by atoms with van der Waals surface area (Å²) in [6.07, 6.45) is 3.01. The molecule has 3 rings (SSSR count). The van der Waals surface area contributed by atoms with E-state index in [1.807, 2.05) is 0 Å². The molecule has 0 atom stereocenters. The fourth-order valence-electron chi connectivity index (χ4n) is 2.64. The van der Waals surface area contributed by atoms with Crippen molar-refractivity contribution >= 4 is 42.6 Å². The van der Waals surface area contributed by atoms with Crippen molar-refractivity contribution in [2.45, 2.75) is 4.90 Å². The van der Waals surface area contributed by atoms with E-state index in [1.54, 1.807) is 12.1 Å². The first-order valence-corrected chi connectivity index (χ1v) is 10.8. The number of nitrogens with zero attached hydrogens (tertiary/aromatic N) is 2. The topological polar surface area (TPSA) is 79.4 Å². The van der Waals surface area contributed by atoms with Crippen molar-refractivity contribution in [2.75, 3.05) is 18.4 Å². The summed E-state index contributed by atoms with van der Waals surface area (Å²) in [6, 6.07) is 10.1. The van der Waals surface area contributed by atoms with E-state index >= 15 is 0 Å². The Morgan fingerprint density at radius 2 is 1.86 bits per heavy atom. The highest BCUT2D eigenvalue weighted by Gasteiger charge is 2.23. The van der Waals surface area contributed by atoms with E-state index in [0.29, 0.717) is 10.2 Å². The normalized spacial score (nSPS) is 11.5. The largest absolute Gasteiger partial charge is 0.298 e. The average molecular weight is 432 g/mol. The number of carbonyl (C=O) groups excluding carboxylic acids is 1. The molecule has 2 aromatic carbocycles. The molecular formula is C20H18FN3O3S2. The van der Waals surface area contributed by atoms with E-state index in [4.69, 9.17) is 0 Å². The molecule has 6 nitrogen and oxygen atoms in total. The fourth-order valence-corrected chi connectivity index (χ4v) is 5.02. The molecule has 0 spiro atoms. The Hall–Kier alpha value is -2.88. The highest BCUT2D eigenvalue weighted by atomic mass is 32.2. The molecule has 0 aliphatic carbocycles. The number of aromatic nitrogens is 1. The second kappa shape index (κ2) is 8.64. The van der Waals surface area contributed by atoms with Gasteiger partial charge in [-0.05, 0) is 30.3 Å². The zero-order valence-corrected chi connectivity index (χ0v) is 17.0. The molecule has 9 heteroatoms. The van der Waals surface area contributed by atoms with Crippen molar-refractivity contribution in [1.29, 1.82) is 0 Å². The van der Waals surface area contributed by atoms with Gasteiger partial charge in [-0.3, -0.25) is 10.1 Å². The number of anilines is 1. The molecule has 1 N–H and O–H groups in total. The lowest BCUT2D eigenvalue weighted by molar-refractivity contribution is 0.102. The smallest absolute Gasteiger partial charge is 0.260 e. The molecule has 1 aromatic heterocycles. The molecule has 1 amide bonds. The Balaban J connectivity index is 1.90. The van der Waals surface area contributed by atoms with Crippen molar-refractivity contribution in [3.8, 4) is 0 Å². The second-order valence-corrected chi connectivity index (χ2v) is 8.95. The Bertz CT molecular complexity index is 1180. The van der Waals surface area contributed by atoms with Crippen LogP contribution in [0.2, 0.25) is 0 Å². The predicted molar refractivity (Wildman–Crippen MR) is 113 cm³/mol. The molecule has 0 bridgehead atoms. The number of halogens is 1. The number of amides is 1. The first-order valence-electron chi connectivity index (χ1n) is 8.55. The molecule has 0 aliphatic rings. The minimum atomic E-state index is -3.75. The standard InChI is InChI=1S/C20H18FN3O3S2/c1-3-11-24(12-4-2)29(26,27)14-9-10-17-18(13-14)28-20(22-17)23-19(25)15-7-5-6-8-16(15)21/h3-10,13H,1-2,11-12H2,(H,22,23,25). The van der Waals surface area contributed by atoms with Gasteiger partial charge in [-0.1, -0.05) is 35.6 Å². The molecule has 0 unspecified atom stereocenters. The zero-order chi connectivity index (χ0) is 21.0. The van der Waals surface area contributed by atoms with Crippen LogP contribution in [0.25, 0.3) is 10.2 Å². The van der Waals surface area contributed by atoms with E-state index in [1.165, 1.54) is 46.8 Å². The Morgan fingerprint density at radius 1 is 1.17 bits per heavy atom. The van der Waals surface area contributed by atoms with Crippen molar-refractivity contribution in [2.24, 2.45) is 0 Å². The summed E-state index contributed by atoms with van der Waals surface area (Å²) in [7, 11) is -3.75. The first-order chi connectivity index (χ1) is 13.9. The summed E-state index contributed by atoms with van der Waals surface area (Å²) in [4.78, 5) is 16.6. The lowest BCUT2D eigenvalue weighted by Gasteiger charge is -2.18. The van der Waals surface area contributed by atoms with Crippen LogP contribution in [-0.2, 0) is 10.0 Å². The van der Waals surface area contributed by atoms with Crippen molar-refractivity contribution in [3.63, 3.8) is 0 Å². The van der Waals surface area contributed by atoms with Gasteiger partial charge >= 0.3 is 0 Å². The zero-order valence-electron chi connectivity index (χ0n) is 15.3. The summed E-state index contributed by atoms with van der Waals surface area (Å²) >= 11 is 1.11. The SMILES string of the molecule is C=CCN(CC=C)S(=O)(=O)c1ccc2nc(NC(=O)c3ccccc3F)sc2c1. The van der Waals surface area contributed by atoms with Gasteiger partial charge in [-0.15, -0.1) is 13.2 Å². The maximum atomic E-state index is 13.8. The van der Waals surface area contributed by atoms with E-state index in [-0.39, 0.29) is 28.7 Å². The molecule has 0 radical (unpaired) electrons. The second-order valence-electron chi connectivity index (χ2n) is 5.98. The molecule has 1 heterocycles. The maximum absolute atomic E-state index is 13.8. The van der Waals surface area contributed by atoms with Gasteiger partial charge in [-0.2, -0.15) is 4.31 Å². The van der Waals surface area contributed by atoms with Gasteiger partial charge in [0.15, 0.2) is 5.13 Å². The third-order valence-corrected chi connectivity index (χ3v) is 6.76. The van der Waals surface area contributed by atoms with Crippen LogP contribution in [-0.4, -0.2) is 36.7 Å². The summed E-state index contributed by atoms with van der Waals surface area (Å²) in [5.74, 6) is -1.26. The van der Waals surface area contributed by atoms with Crippen LogP contribution in [0.1, 0.15) is 10.4 Å². The van der Waals surface area contributed by atoms with Crippen LogP contribution in [0.3, 0.4) is 0 Å². The van der Waals surface area contributed by atoms with Gasteiger partial charge in [-0.25, -0.2) is 17.8 Å². The average Bonchev–Trinajstić information content (AvgIpc) is 3.09. The third-order valence-electron chi connectivity index (χ3n) is 4.00. The van der Waals surface area contributed by atoms with Crippen LogP contribution < -0.4 is 5.32 Å². The molecule has 29 heavy (non-hydrogen) atoms. The van der Waals surface area contributed by atoms with Crippen molar-refractivity contribution in [3.05, 3.63) is 79.2 Å². The van der Waals surface area contributed by atoms with Gasteiger partial charge in [0.2, 0.25) is 10.0 Å². The molecule has 150 valence electrons. The number of thiazole rings is 1. The number of carbonyl (C=O) groups is 1. The quantitative estimate of drug-likeness (QED) is 0.546. The number of fused-ring (bicyclic) bond motifs is 1. The molecule has 0 saturated carbocycles. The number of rotatable bonds is 8. The van der Waals surface area contributed by atoms with Crippen LogP contribution in [0, 0.1) is 5.82 Å². The van der Waals surface area contributed by atoms with Crippen LogP contribution >= 0.6 is 11.3 Å². The number of benzene rings is 2. The summed E-state index contributed by atoms with van der Waals surface area (Å²) < 4.78 is 41.3. The minimum absolute atomic E-state index is 0.0977. The number of hydrogen-bond acceptors (Lipinski definition) is 5. The minimum Gasteiger partial charge on any atom is -0.298 e. The van der Waals surface area contributed by atoms with Gasteiger partial charge < -0.3 is 0 Å². The van der Waals surface area contributed by atoms with Crippen molar-refractivity contribution < 1.29 is 17.6 Å². The van der Waals surface area contributed by atoms with E-state index in [2.05, 4.69) is 23.5 Å². The highest BCUT2D eigenvalue weighted by molar-refractivity contribution is 7.89. The number of nitrogens with one attached hydrogen (secondary N) is 1. The first kappa shape index (κ1) is 20.8. The lowest BCUT2D eigenvalue weighted by atomic mass is 10.2. The summed E-state index contributed by atoms with van der Waals surface area (Å²) in [5.41, 5.74) is 0.427. The Labute approximate surface area is 172 Å². The van der Waals surface area contributed by atoms with Crippen LogP contribution in [0.4, 0.5) is 9.52 Å². The Kier molecular flexibility index (Phi) is 6.21. The maximum Gasteiger partial charge on any atom is 0.260 e. The number of sulfonamides is 1. The highest BCUT2D eigenvalue weighted by Crippen LogP contribution is 2.29. The molecule has 0 fully saturated rings. The van der Waals surface area contributed by atoms with Gasteiger partial charge in [0.25, 0.3) is 5.91 Å². The fraction of sp³-hybridized carbons (Fsp3) is 0.100. The van der Waals surface area contributed by atoms with E-state index in [0.717, 1.165) is 11.3 Å². The van der Waals surface area contributed by atoms with E-state index in [9.17, 15) is 17.6 Å². The molecule has 3 aromatic rings.